The number of carbonyl (C=O) groups is 4. The van der Waals surface area contributed by atoms with Gasteiger partial charge in [0.15, 0.2) is 29.4 Å². The molecule has 15 heteroatoms. The van der Waals surface area contributed by atoms with Gasteiger partial charge in [0, 0.05) is 12.0 Å². The Morgan fingerprint density at radius 1 is 0.932 bits per heavy atom. The van der Waals surface area contributed by atoms with Crippen molar-refractivity contribution in [1.29, 1.82) is 0 Å². The first-order valence-electron chi connectivity index (χ1n) is 13.6. The molecule has 0 aliphatic carbocycles. The van der Waals surface area contributed by atoms with Crippen molar-refractivity contribution in [3.8, 4) is 5.75 Å². The maximum absolute atomic E-state index is 14.6. The van der Waals surface area contributed by atoms with E-state index in [9.17, 15) is 51.3 Å². The number of carbonyl (C=O) groups excluding carboxylic acids is 4. The summed E-state index contributed by atoms with van der Waals surface area (Å²) in [5.74, 6) is -17.7. The Bertz CT molecular complexity index is 1410. The number of cyclic esters (lactones) is 1. The Morgan fingerprint density at radius 3 is 2.07 bits per heavy atom. The van der Waals surface area contributed by atoms with Crippen LogP contribution in [0.2, 0.25) is 0 Å². The number of phenols is 1. The van der Waals surface area contributed by atoms with Gasteiger partial charge in [0.2, 0.25) is 11.7 Å². The van der Waals surface area contributed by atoms with Crippen molar-refractivity contribution in [1.82, 2.24) is 16.0 Å². The summed E-state index contributed by atoms with van der Waals surface area (Å²) in [7, 11) is 0. The third kappa shape index (κ3) is 7.44. The Hall–Kier alpha value is -4.27. The third-order valence-corrected chi connectivity index (χ3v) is 7.17. The Balaban J connectivity index is 2.10. The summed E-state index contributed by atoms with van der Waals surface area (Å²) >= 11 is 0. The number of rotatable bonds is 6. The summed E-state index contributed by atoms with van der Waals surface area (Å²) in [6.45, 7) is 5.86. The minimum Gasteiger partial charge on any atom is -0.507 e. The first kappa shape index (κ1) is 34.2. The molecule has 44 heavy (non-hydrogen) atoms. The van der Waals surface area contributed by atoms with E-state index in [1.807, 2.05) is 0 Å². The second kappa shape index (κ2) is 14.0. The number of aliphatic hydroxyl groups excluding tert-OH is 1. The van der Waals surface area contributed by atoms with Gasteiger partial charge in [0.05, 0.1) is 29.7 Å². The molecular weight excluding hydrogens is 597 g/mol. The van der Waals surface area contributed by atoms with Gasteiger partial charge in [0.25, 0.3) is 11.8 Å². The quantitative estimate of drug-likeness (QED) is 0.142. The van der Waals surface area contributed by atoms with Crippen LogP contribution in [-0.2, 0) is 25.5 Å². The first-order chi connectivity index (χ1) is 20.5. The molecule has 2 aromatic rings. The van der Waals surface area contributed by atoms with Crippen molar-refractivity contribution >= 4 is 23.7 Å². The molecule has 10 nitrogen and oxygen atoms in total. The van der Waals surface area contributed by atoms with Crippen LogP contribution in [-0.4, -0.2) is 64.2 Å². The van der Waals surface area contributed by atoms with Gasteiger partial charge in [-0.15, -0.1) is 0 Å². The van der Waals surface area contributed by atoms with E-state index in [1.54, 1.807) is 13.8 Å². The van der Waals surface area contributed by atoms with Crippen LogP contribution in [0.25, 0.3) is 0 Å². The highest BCUT2D eigenvalue weighted by molar-refractivity contribution is 6.00. The number of esters is 1. The van der Waals surface area contributed by atoms with Crippen molar-refractivity contribution in [3.63, 3.8) is 0 Å². The average Bonchev–Trinajstić information content (AvgIpc) is 2.97. The van der Waals surface area contributed by atoms with Crippen LogP contribution in [0.1, 0.15) is 50.0 Å². The number of halogens is 5. The SMILES string of the molecule is CC(C)CC1OC(=O)[C@H](C)[C@H](O)[C@H](Cc2c(F)c(F)c(F)c(F)c2F)NC(=O)[C@@H](NC(=O)c2ccccc2O)[C@@H](C)NC1=O. The van der Waals surface area contributed by atoms with E-state index in [-0.39, 0.29) is 17.9 Å². The standard InChI is InChI=1S/C29H32F5N3O7/c1-11(2)9-18-27(41)35-13(4)24(37-26(40)14-7-5-6-8-17(14)38)28(42)36-16(25(39)12(3)29(43)44-18)10-15-19(30)21(32)23(34)22(33)20(15)31/h5-8,11-13,16,18,24-25,38-39H,9-10H2,1-4H3,(H,35,41)(H,36,42)(H,37,40)/t12-,13-,16+,18?,24+,25+/m1/s1. The van der Waals surface area contributed by atoms with Crippen LogP contribution in [0.4, 0.5) is 22.0 Å². The number of ether oxygens (including phenoxy) is 1. The van der Waals surface area contributed by atoms with Crippen molar-refractivity contribution in [2.24, 2.45) is 11.8 Å². The van der Waals surface area contributed by atoms with E-state index in [0.717, 1.165) is 6.92 Å². The van der Waals surface area contributed by atoms with Gasteiger partial charge in [-0.1, -0.05) is 26.0 Å². The van der Waals surface area contributed by atoms with E-state index in [1.165, 1.54) is 31.2 Å². The predicted octanol–water partition coefficient (Wildman–Crippen LogP) is 2.39. The molecule has 1 heterocycles. The molecule has 1 fully saturated rings. The monoisotopic (exact) mass is 629 g/mol. The first-order valence-corrected chi connectivity index (χ1v) is 13.6. The largest absolute Gasteiger partial charge is 0.507 e. The van der Waals surface area contributed by atoms with Crippen molar-refractivity contribution in [2.75, 3.05) is 0 Å². The fourth-order valence-electron chi connectivity index (χ4n) is 4.65. The number of phenolic OH excluding ortho intramolecular Hbond substituents is 1. The molecule has 240 valence electrons. The Labute approximate surface area is 249 Å². The summed E-state index contributed by atoms with van der Waals surface area (Å²) in [4.78, 5) is 52.7. The molecule has 3 amide bonds. The molecule has 1 aliphatic heterocycles. The molecule has 0 radical (unpaired) electrons. The summed E-state index contributed by atoms with van der Waals surface area (Å²) in [5, 5.41) is 28.2. The summed E-state index contributed by atoms with van der Waals surface area (Å²) < 4.78 is 76.2. The molecule has 0 bridgehead atoms. The lowest BCUT2D eigenvalue weighted by atomic mass is 9.91. The zero-order chi connectivity index (χ0) is 33.0. The second-order valence-electron chi connectivity index (χ2n) is 11.0. The summed E-state index contributed by atoms with van der Waals surface area (Å²) in [6.07, 6.45) is -4.66. The van der Waals surface area contributed by atoms with Crippen molar-refractivity contribution < 1.29 is 56.1 Å². The average molecular weight is 630 g/mol. The van der Waals surface area contributed by atoms with Gasteiger partial charge in [0.1, 0.15) is 11.8 Å². The highest BCUT2D eigenvalue weighted by Gasteiger charge is 2.40. The zero-order valence-electron chi connectivity index (χ0n) is 24.1. The lowest BCUT2D eigenvalue weighted by Crippen LogP contribution is -2.62. The van der Waals surface area contributed by atoms with Crippen LogP contribution in [0.3, 0.4) is 0 Å². The normalized spacial score (nSPS) is 24.9. The Kier molecular flexibility index (Phi) is 10.9. The number of hydrogen-bond acceptors (Lipinski definition) is 7. The topological polar surface area (TPSA) is 154 Å². The number of amides is 3. The lowest BCUT2D eigenvalue weighted by Gasteiger charge is -2.34. The van der Waals surface area contributed by atoms with E-state index in [0.29, 0.717) is 0 Å². The Morgan fingerprint density at radius 2 is 1.50 bits per heavy atom. The number of aromatic hydroxyl groups is 1. The smallest absolute Gasteiger partial charge is 0.312 e. The molecule has 5 N–H and O–H groups in total. The fraction of sp³-hybridized carbons (Fsp3) is 0.448. The van der Waals surface area contributed by atoms with Crippen molar-refractivity contribution in [2.45, 2.75) is 70.9 Å². The summed E-state index contributed by atoms with van der Waals surface area (Å²) in [6, 6.07) is 0.440. The van der Waals surface area contributed by atoms with Gasteiger partial charge in [-0.25, -0.2) is 22.0 Å². The molecule has 0 aromatic heterocycles. The zero-order valence-corrected chi connectivity index (χ0v) is 24.1. The fourth-order valence-corrected chi connectivity index (χ4v) is 4.65. The second-order valence-corrected chi connectivity index (χ2v) is 11.0. The highest BCUT2D eigenvalue weighted by Crippen LogP contribution is 2.26. The van der Waals surface area contributed by atoms with Crippen LogP contribution in [0, 0.1) is 40.9 Å². The number of benzene rings is 2. The molecule has 6 atom stereocenters. The minimum absolute atomic E-state index is 0.00219. The van der Waals surface area contributed by atoms with Gasteiger partial charge >= 0.3 is 5.97 Å². The number of nitrogens with one attached hydrogen (secondary N) is 3. The van der Waals surface area contributed by atoms with Crippen LogP contribution in [0.5, 0.6) is 5.75 Å². The van der Waals surface area contributed by atoms with E-state index in [4.69, 9.17) is 4.74 Å². The van der Waals surface area contributed by atoms with Crippen LogP contribution in [0.15, 0.2) is 24.3 Å². The van der Waals surface area contributed by atoms with Gasteiger partial charge in [-0.05, 0) is 38.3 Å². The molecular formula is C29H32F5N3O7. The number of hydrogen-bond donors (Lipinski definition) is 5. The van der Waals surface area contributed by atoms with Crippen molar-refractivity contribution in [3.05, 3.63) is 64.5 Å². The van der Waals surface area contributed by atoms with Crippen LogP contribution < -0.4 is 16.0 Å². The number of para-hydroxylation sites is 1. The van der Waals surface area contributed by atoms with E-state index < -0.39 is 107 Å². The summed E-state index contributed by atoms with van der Waals surface area (Å²) in [5.41, 5.74) is -1.64. The molecule has 1 aliphatic rings. The molecule has 1 saturated heterocycles. The van der Waals surface area contributed by atoms with E-state index in [2.05, 4.69) is 16.0 Å². The van der Waals surface area contributed by atoms with Gasteiger partial charge in [-0.3, -0.25) is 19.2 Å². The molecule has 2 aromatic carbocycles. The third-order valence-electron chi connectivity index (χ3n) is 7.17. The van der Waals surface area contributed by atoms with Gasteiger partial charge < -0.3 is 30.9 Å². The molecule has 0 spiro atoms. The molecule has 1 unspecified atom stereocenters. The lowest BCUT2D eigenvalue weighted by molar-refractivity contribution is -0.165. The minimum atomic E-state index is -2.42. The molecule has 0 saturated carbocycles. The highest BCUT2D eigenvalue weighted by atomic mass is 19.2. The van der Waals surface area contributed by atoms with Gasteiger partial charge in [-0.2, -0.15) is 0 Å². The number of aliphatic hydroxyl groups is 1. The maximum Gasteiger partial charge on any atom is 0.312 e. The predicted molar refractivity (Wildman–Crippen MR) is 143 cm³/mol. The molecule has 3 rings (SSSR count). The maximum atomic E-state index is 14.6. The van der Waals surface area contributed by atoms with Crippen LogP contribution >= 0.6 is 0 Å². The van der Waals surface area contributed by atoms with E-state index >= 15 is 0 Å².